The Morgan fingerprint density at radius 2 is 2.00 bits per heavy atom. The number of halogens is 1. The molecule has 0 unspecified atom stereocenters. The number of ether oxygens (including phenoxy) is 1. The fourth-order valence-corrected chi connectivity index (χ4v) is 1.23. The Bertz CT molecular complexity index is 383. The number of carbonyl (C=O) groups excluding carboxylic acids is 1. The van der Waals surface area contributed by atoms with E-state index in [0.717, 1.165) is 5.56 Å². The van der Waals surface area contributed by atoms with Gasteiger partial charge in [-0.05, 0) is 32.9 Å². The highest BCUT2D eigenvalue weighted by atomic mass is 19.1. The van der Waals surface area contributed by atoms with Crippen LogP contribution in [-0.4, -0.2) is 18.5 Å². The van der Waals surface area contributed by atoms with Crippen LogP contribution >= 0.6 is 0 Å². The van der Waals surface area contributed by atoms with Crippen LogP contribution in [0.4, 0.5) is 4.39 Å². The SMILES string of the molecule is COC(C)(C)C(=O)c1cc(C)ccc1F. The Kier molecular flexibility index (Phi) is 3.25. The number of ketones is 1. The van der Waals surface area contributed by atoms with Gasteiger partial charge in [0.05, 0.1) is 5.56 Å². The fraction of sp³-hybridized carbons (Fsp3) is 0.417. The zero-order valence-electron chi connectivity index (χ0n) is 9.43. The lowest BCUT2D eigenvalue weighted by atomic mass is 9.95. The first-order valence-electron chi connectivity index (χ1n) is 4.74. The molecule has 0 aliphatic heterocycles. The zero-order valence-corrected chi connectivity index (χ0v) is 9.43. The smallest absolute Gasteiger partial charge is 0.196 e. The van der Waals surface area contributed by atoms with E-state index in [9.17, 15) is 9.18 Å². The lowest BCUT2D eigenvalue weighted by Crippen LogP contribution is -2.34. The summed E-state index contributed by atoms with van der Waals surface area (Å²) < 4.78 is 18.4. The van der Waals surface area contributed by atoms with Crippen LogP contribution < -0.4 is 0 Å². The highest BCUT2D eigenvalue weighted by Gasteiger charge is 2.30. The van der Waals surface area contributed by atoms with Gasteiger partial charge in [-0.3, -0.25) is 4.79 Å². The van der Waals surface area contributed by atoms with Crippen LogP contribution in [0.5, 0.6) is 0 Å². The van der Waals surface area contributed by atoms with E-state index in [1.807, 2.05) is 6.92 Å². The van der Waals surface area contributed by atoms with Crippen molar-refractivity contribution in [3.8, 4) is 0 Å². The molecule has 3 heteroatoms. The Morgan fingerprint density at radius 3 is 2.53 bits per heavy atom. The lowest BCUT2D eigenvalue weighted by molar-refractivity contribution is 0.0224. The summed E-state index contributed by atoms with van der Waals surface area (Å²) in [5, 5.41) is 0. The van der Waals surface area contributed by atoms with Gasteiger partial charge >= 0.3 is 0 Å². The molecular weight excluding hydrogens is 195 g/mol. The Morgan fingerprint density at radius 1 is 1.40 bits per heavy atom. The van der Waals surface area contributed by atoms with Gasteiger partial charge in [0.1, 0.15) is 11.4 Å². The molecule has 1 aromatic rings. The third kappa shape index (κ3) is 2.42. The average Bonchev–Trinajstić information content (AvgIpc) is 2.20. The molecule has 0 aromatic heterocycles. The number of methoxy groups -OCH3 is 1. The molecule has 2 nitrogen and oxygen atoms in total. The molecule has 0 aliphatic rings. The predicted molar refractivity (Wildman–Crippen MR) is 56.6 cm³/mol. The topological polar surface area (TPSA) is 26.3 Å². The van der Waals surface area contributed by atoms with Gasteiger partial charge in [0.2, 0.25) is 0 Å². The van der Waals surface area contributed by atoms with E-state index >= 15 is 0 Å². The number of hydrogen-bond donors (Lipinski definition) is 0. The normalized spacial score (nSPS) is 11.5. The van der Waals surface area contributed by atoms with Crippen LogP contribution in [0.1, 0.15) is 29.8 Å². The van der Waals surface area contributed by atoms with E-state index in [1.54, 1.807) is 26.0 Å². The first kappa shape index (κ1) is 11.9. The summed E-state index contributed by atoms with van der Waals surface area (Å²) in [6, 6.07) is 4.47. The third-order valence-electron chi connectivity index (χ3n) is 2.42. The van der Waals surface area contributed by atoms with Crippen molar-refractivity contribution in [1.29, 1.82) is 0 Å². The summed E-state index contributed by atoms with van der Waals surface area (Å²) >= 11 is 0. The molecule has 0 N–H and O–H groups in total. The highest BCUT2D eigenvalue weighted by Crippen LogP contribution is 2.19. The minimum absolute atomic E-state index is 0.0850. The van der Waals surface area contributed by atoms with Crippen LogP contribution in [0.2, 0.25) is 0 Å². The molecule has 0 saturated heterocycles. The maximum absolute atomic E-state index is 13.4. The third-order valence-corrected chi connectivity index (χ3v) is 2.42. The zero-order chi connectivity index (χ0) is 11.6. The van der Waals surface area contributed by atoms with Crippen molar-refractivity contribution in [2.75, 3.05) is 7.11 Å². The summed E-state index contributed by atoms with van der Waals surface area (Å²) in [6.07, 6.45) is 0. The number of aryl methyl sites for hydroxylation is 1. The summed E-state index contributed by atoms with van der Waals surface area (Å²) in [5.74, 6) is -0.845. The quantitative estimate of drug-likeness (QED) is 0.717. The van der Waals surface area contributed by atoms with Crippen molar-refractivity contribution in [3.63, 3.8) is 0 Å². The van der Waals surface area contributed by atoms with Crippen molar-refractivity contribution in [1.82, 2.24) is 0 Å². The monoisotopic (exact) mass is 210 g/mol. The standard InChI is InChI=1S/C12H15FO2/c1-8-5-6-10(13)9(7-8)11(14)12(2,3)15-4/h5-7H,1-4H3. The van der Waals surface area contributed by atoms with Crippen LogP contribution in [0.25, 0.3) is 0 Å². The Labute approximate surface area is 89.1 Å². The average molecular weight is 210 g/mol. The van der Waals surface area contributed by atoms with Crippen molar-refractivity contribution >= 4 is 5.78 Å². The molecule has 0 heterocycles. The molecule has 15 heavy (non-hydrogen) atoms. The molecule has 0 bridgehead atoms. The van der Waals surface area contributed by atoms with Gasteiger partial charge in [0, 0.05) is 7.11 Å². The molecule has 0 saturated carbocycles. The highest BCUT2D eigenvalue weighted by molar-refractivity contribution is 6.02. The van der Waals surface area contributed by atoms with Crippen molar-refractivity contribution in [2.45, 2.75) is 26.4 Å². The Hall–Kier alpha value is -1.22. The van der Waals surface area contributed by atoms with Crippen molar-refractivity contribution in [3.05, 3.63) is 35.1 Å². The molecular formula is C12H15FO2. The molecule has 1 aromatic carbocycles. The summed E-state index contributed by atoms with van der Waals surface area (Å²) in [6.45, 7) is 5.06. The minimum Gasteiger partial charge on any atom is -0.371 e. The van der Waals surface area contributed by atoms with E-state index in [-0.39, 0.29) is 11.3 Å². The first-order chi connectivity index (χ1) is 6.88. The summed E-state index contributed by atoms with van der Waals surface area (Å²) in [4.78, 5) is 11.9. The van der Waals surface area contributed by atoms with Crippen LogP contribution in [-0.2, 0) is 4.74 Å². The largest absolute Gasteiger partial charge is 0.371 e. The predicted octanol–water partition coefficient (Wildman–Crippen LogP) is 2.74. The molecule has 1 rings (SSSR count). The van der Waals surface area contributed by atoms with Gasteiger partial charge in [-0.2, -0.15) is 0 Å². The molecule has 0 radical (unpaired) electrons. The van der Waals surface area contributed by atoms with E-state index in [2.05, 4.69) is 0 Å². The number of carbonyl (C=O) groups is 1. The molecule has 0 amide bonds. The van der Waals surface area contributed by atoms with Gasteiger partial charge in [0.15, 0.2) is 5.78 Å². The van der Waals surface area contributed by atoms with E-state index in [0.29, 0.717) is 0 Å². The lowest BCUT2D eigenvalue weighted by Gasteiger charge is -2.21. The van der Waals surface area contributed by atoms with Gasteiger partial charge in [0.25, 0.3) is 0 Å². The van der Waals surface area contributed by atoms with E-state index < -0.39 is 11.4 Å². The van der Waals surface area contributed by atoms with Crippen molar-refractivity contribution in [2.24, 2.45) is 0 Å². The fourth-order valence-electron chi connectivity index (χ4n) is 1.23. The first-order valence-corrected chi connectivity index (χ1v) is 4.74. The summed E-state index contributed by atoms with van der Waals surface area (Å²) in [5.41, 5.74) is -0.0530. The molecule has 0 spiro atoms. The summed E-state index contributed by atoms with van der Waals surface area (Å²) in [7, 11) is 1.44. The van der Waals surface area contributed by atoms with Gasteiger partial charge < -0.3 is 4.74 Å². The second-order valence-electron chi connectivity index (χ2n) is 4.03. The maximum Gasteiger partial charge on any atom is 0.196 e. The van der Waals surface area contributed by atoms with Crippen LogP contribution in [0, 0.1) is 12.7 Å². The molecule has 82 valence electrons. The second-order valence-corrected chi connectivity index (χ2v) is 4.03. The molecule has 0 fully saturated rings. The minimum atomic E-state index is -0.991. The number of Topliss-reactive ketones (excluding diaryl/α,β-unsaturated/α-hetero) is 1. The number of hydrogen-bond acceptors (Lipinski definition) is 2. The Balaban J connectivity index is 3.17. The van der Waals surface area contributed by atoms with Crippen molar-refractivity contribution < 1.29 is 13.9 Å². The number of rotatable bonds is 3. The van der Waals surface area contributed by atoms with Gasteiger partial charge in [-0.1, -0.05) is 11.6 Å². The molecule has 0 aliphatic carbocycles. The van der Waals surface area contributed by atoms with Crippen LogP contribution in [0.15, 0.2) is 18.2 Å². The molecule has 0 atom stereocenters. The van der Waals surface area contributed by atoms with Crippen LogP contribution in [0.3, 0.4) is 0 Å². The second kappa shape index (κ2) is 4.11. The maximum atomic E-state index is 13.4. The van der Waals surface area contributed by atoms with Gasteiger partial charge in [-0.15, -0.1) is 0 Å². The van der Waals surface area contributed by atoms with E-state index in [1.165, 1.54) is 13.2 Å². The van der Waals surface area contributed by atoms with E-state index in [4.69, 9.17) is 4.74 Å². The van der Waals surface area contributed by atoms with Gasteiger partial charge in [-0.25, -0.2) is 4.39 Å². The number of benzene rings is 1.